The van der Waals surface area contributed by atoms with Gasteiger partial charge in [-0.05, 0) is 12.1 Å². The zero-order chi connectivity index (χ0) is 14.4. The maximum atomic E-state index is 12.2. The molecule has 20 heavy (non-hydrogen) atoms. The van der Waals surface area contributed by atoms with Crippen molar-refractivity contribution >= 4 is 23.8 Å². The molecule has 1 saturated heterocycles. The normalized spacial score (nSPS) is 22.1. The van der Waals surface area contributed by atoms with Gasteiger partial charge in [0.1, 0.15) is 6.04 Å². The smallest absolute Gasteiger partial charge is 0.284 e. The van der Waals surface area contributed by atoms with Crippen LogP contribution in [0.2, 0.25) is 0 Å². The lowest BCUT2D eigenvalue weighted by atomic mass is 10.1. The Balaban J connectivity index is 1.97. The first-order chi connectivity index (χ1) is 9.50. The molecule has 0 spiro atoms. The van der Waals surface area contributed by atoms with Crippen molar-refractivity contribution in [3.63, 3.8) is 0 Å². The number of urea groups is 1. The van der Waals surface area contributed by atoms with Crippen molar-refractivity contribution in [2.24, 2.45) is 0 Å². The van der Waals surface area contributed by atoms with E-state index in [-0.39, 0.29) is 16.2 Å². The Morgan fingerprint density at radius 3 is 2.15 bits per heavy atom. The van der Waals surface area contributed by atoms with Crippen molar-refractivity contribution in [1.82, 2.24) is 15.3 Å². The van der Waals surface area contributed by atoms with E-state index in [9.17, 15) is 24.4 Å². The average molecular weight is 275 g/mol. The number of carbonyl (C=O) groups is 4. The van der Waals surface area contributed by atoms with E-state index in [1.165, 1.54) is 12.1 Å². The lowest BCUT2D eigenvalue weighted by molar-refractivity contribution is -0.134. The van der Waals surface area contributed by atoms with Gasteiger partial charge in [-0.25, -0.2) is 9.86 Å². The number of hydroxylamine groups is 2. The molecule has 5 amide bonds. The van der Waals surface area contributed by atoms with Crippen LogP contribution in [0.3, 0.4) is 0 Å². The standard InChI is InChI=1S/C12H9N3O5/c16-9-8(5-14(20)12(19)13-9)15-10(17)6-3-1-2-4-7(6)11(15)18/h1-4,8,20H,5H2,(H,13,16,19). The van der Waals surface area contributed by atoms with Crippen LogP contribution >= 0.6 is 0 Å². The molecule has 1 fully saturated rings. The van der Waals surface area contributed by atoms with Crippen LogP contribution < -0.4 is 5.32 Å². The number of hydrogen-bond acceptors (Lipinski definition) is 5. The first kappa shape index (κ1) is 12.3. The minimum Gasteiger partial charge on any atom is -0.284 e. The Kier molecular flexibility index (Phi) is 2.54. The van der Waals surface area contributed by atoms with Gasteiger partial charge in [-0.15, -0.1) is 0 Å². The molecule has 0 aromatic heterocycles. The van der Waals surface area contributed by atoms with Gasteiger partial charge in [0.25, 0.3) is 17.7 Å². The van der Waals surface area contributed by atoms with Crippen LogP contribution in [0.25, 0.3) is 0 Å². The van der Waals surface area contributed by atoms with Gasteiger partial charge >= 0.3 is 6.03 Å². The number of benzene rings is 1. The minimum absolute atomic E-state index is 0.201. The van der Waals surface area contributed by atoms with Gasteiger partial charge in [0, 0.05) is 0 Å². The molecule has 1 atom stereocenters. The summed E-state index contributed by atoms with van der Waals surface area (Å²) in [7, 11) is 0. The van der Waals surface area contributed by atoms with Gasteiger partial charge in [-0.3, -0.25) is 29.8 Å². The molecule has 2 aliphatic heterocycles. The lowest BCUT2D eigenvalue weighted by Crippen LogP contribution is -2.62. The second-order valence-corrected chi connectivity index (χ2v) is 4.42. The third kappa shape index (κ3) is 1.58. The molecule has 0 saturated carbocycles. The molecule has 3 rings (SSSR count). The molecule has 2 heterocycles. The number of amides is 5. The van der Waals surface area contributed by atoms with Crippen molar-refractivity contribution in [3.8, 4) is 0 Å². The summed E-state index contributed by atoms with van der Waals surface area (Å²) in [4.78, 5) is 48.0. The summed E-state index contributed by atoms with van der Waals surface area (Å²) < 4.78 is 0. The van der Waals surface area contributed by atoms with Crippen molar-refractivity contribution in [2.45, 2.75) is 6.04 Å². The van der Waals surface area contributed by atoms with Gasteiger partial charge in [0.15, 0.2) is 0 Å². The monoisotopic (exact) mass is 275 g/mol. The summed E-state index contributed by atoms with van der Waals surface area (Å²) in [5, 5.41) is 11.5. The van der Waals surface area contributed by atoms with Crippen LogP contribution in [-0.4, -0.2) is 51.5 Å². The maximum absolute atomic E-state index is 12.2. The molecule has 8 nitrogen and oxygen atoms in total. The summed E-state index contributed by atoms with van der Waals surface area (Å²) in [6, 6.07) is 3.95. The van der Waals surface area contributed by atoms with Gasteiger partial charge in [-0.1, -0.05) is 12.1 Å². The molecule has 0 bridgehead atoms. The summed E-state index contributed by atoms with van der Waals surface area (Å²) in [6.45, 7) is -0.448. The Bertz CT molecular complexity index is 621. The molecule has 2 aliphatic rings. The predicted octanol–water partition coefficient (Wildman–Crippen LogP) is -0.408. The lowest BCUT2D eigenvalue weighted by Gasteiger charge is -2.31. The Labute approximate surface area is 112 Å². The third-order valence-corrected chi connectivity index (χ3v) is 3.25. The van der Waals surface area contributed by atoms with Crippen molar-refractivity contribution < 1.29 is 24.4 Å². The Hall–Kier alpha value is -2.74. The molecule has 1 aromatic rings. The van der Waals surface area contributed by atoms with Crippen molar-refractivity contribution in [1.29, 1.82) is 0 Å². The van der Waals surface area contributed by atoms with Gasteiger partial charge < -0.3 is 0 Å². The summed E-state index contributed by atoms with van der Waals surface area (Å²) >= 11 is 0. The van der Waals surface area contributed by atoms with Gasteiger partial charge in [0.05, 0.1) is 17.7 Å². The highest BCUT2D eigenvalue weighted by Crippen LogP contribution is 2.25. The highest BCUT2D eigenvalue weighted by Gasteiger charge is 2.46. The molecule has 8 heteroatoms. The summed E-state index contributed by atoms with van der Waals surface area (Å²) in [6.07, 6.45) is 0. The molecule has 2 N–H and O–H groups in total. The highest BCUT2D eigenvalue weighted by molar-refractivity contribution is 6.23. The fraction of sp³-hybridized carbons (Fsp3) is 0.167. The molecular weight excluding hydrogens is 266 g/mol. The maximum Gasteiger partial charge on any atom is 0.347 e. The number of hydrogen-bond donors (Lipinski definition) is 2. The quantitative estimate of drug-likeness (QED) is 0.535. The van der Waals surface area contributed by atoms with Gasteiger partial charge in [-0.2, -0.15) is 0 Å². The van der Waals surface area contributed by atoms with Crippen molar-refractivity contribution in [2.75, 3.05) is 6.54 Å². The largest absolute Gasteiger partial charge is 0.347 e. The molecule has 1 unspecified atom stereocenters. The van der Waals surface area contributed by atoms with Crippen LogP contribution in [0.5, 0.6) is 0 Å². The molecule has 0 aliphatic carbocycles. The van der Waals surface area contributed by atoms with E-state index < -0.39 is 36.3 Å². The summed E-state index contributed by atoms with van der Waals surface area (Å²) in [5.74, 6) is -2.03. The zero-order valence-corrected chi connectivity index (χ0v) is 10.1. The number of imide groups is 2. The Morgan fingerprint density at radius 2 is 1.60 bits per heavy atom. The number of carbonyl (C=O) groups excluding carboxylic acids is 4. The topological polar surface area (TPSA) is 107 Å². The van der Waals surface area contributed by atoms with E-state index in [4.69, 9.17) is 0 Å². The van der Waals surface area contributed by atoms with E-state index in [0.717, 1.165) is 4.90 Å². The van der Waals surface area contributed by atoms with Crippen molar-refractivity contribution in [3.05, 3.63) is 35.4 Å². The number of nitrogens with one attached hydrogen (secondary N) is 1. The fourth-order valence-electron chi connectivity index (χ4n) is 2.27. The first-order valence-corrected chi connectivity index (χ1v) is 5.79. The van der Waals surface area contributed by atoms with Crippen LogP contribution in [0.4, 0.5) is 4.79 Å². The third-order valence-electron chi connectivity index (χ3n) is 3.25. The van der Waals surface area contributed by atoms with Crippen LogP contribution in [0.1, 0.15) is 20.7 Å². The van der Waals surface area contributed by atoms with E-state index in [0.29, 0.717) is 0 Å². The van der Waals surface area contributed by atoms with E-state index in [1.54, 1.807) is 12.1 Å². The minimum atomic E-state index is -1.25. The number of fused-ring (bicyclic) bond motifs is 1. The Morgan fingerprint density at radius 1 is 1.05 bits per heavy atom. The molecule has 1 aromatic carbocycles. The highest BCUT2D eigenvalue weighted by atomic mass is 16.5. The fourth-order valence-corrected chi connectivity index (χ4v) is 2.27. The first-order valence-electron chi connectivity index (χ1n) is 5.79. The van der Waals surface area contributed by atoms with E-state index >= 15 is 0 Å². The molecule has 102 valence electrons. The SMILES string of the molecule is O=C1NC(=O)N(O)CC1N1C(=O)c2ccccc2C1=O. The van der Waals surface area contributed by atoms with Gasteiger partial charge in [0.2, 0.25) is 0 Å². The molecular formula is C12H9N3O5. The van der Waals surface area contributed by atoms with E-state index in [2.05, 4.69) is 0 Å². The second-order valence-electron chi connectivity index (χ2n) is 4.42. The van der Waals surface area contributed by atoms with E-state index in [1.807, 2.05) is 5.32 Å². The predicted molar refractivity (Wildman–Crippen MR) is 62.8 cm³/mol. The van der Waals surface area contributed by atoms with Crippen LogP contribution in [-0.2, 0) is 4.79 Å². The average Bonchev–Trinajstić information content (AvgIpc) is 2.68. The zero-order valence-electron chi connectivity index (χ0n) is 10.1. The van der Waals surface area contributed by atoms with Crippen LogP contribution in [0, 0.1) is 0 Å². The summed E-state index contributed by atoms with van der Waals surface area (Å²) in [5.41, 5.74) is 0.401. The number of nitrogens with zero attached hydrogens (tertiary/aromatic N) is 2. The second kappa shape index (κ2) is 4.14. The van der Waals surface area contributed by atoms with Crippen LogP contribution in [0.15, 0.2) is 24.3 Å². The number of rotatable bonds is 1. The molecule has 0 radical (unpaired) electrons.